The first-order chi connectivity index (χ1) is 10.6. The van der Waals surface area contributed by atoms with E-state index in [1.165, 1.54) is 24.5 Å². The summed E-state index contributed by atoms with van der Waals surface area (Å²) in [5, 5.41) is 14.4. The van der Waals surface area contributed by atoms with Gasteiger partial charge in [-0.25, -0.2) is 10.2 Å². The van der Waals surface area contributed by atoms with Crippen molar-refractivity contribution in [2.45, 2.75) is 13.0 Å². The van der Waals surface area contributed by atoms with E-state index in [0.717, 1.165) is 5.56 Å². The largest absolute Gasteiger partial charge is 0.479 e. The molecule has 0 saturated heterocycles. The number of nitrogens with zero attached hydrogens (tertiary/aromatic N) is 1. The number of carbonyl (C=O) groups is 2. The summed E-state index contributed by atoms with van der Waals surface area (Å²) in [5.41, 5.74) is 3.18. The average Bonchev–Trinajstić information content (AvgIpc) is 3.03. The standard InChI is InChI=1S/C15H14N2O4S/c1-10(15(19)20)21-12-6-4-11(5-7-12)9-16-17-14(18)13-3-2-8-22-13/h2-10H,1H3,(H,17,18)(H,19,20)/b16-9-/t10-/m1/s1. The molecule has 0 aliphatic rings. The van der Waals surface area contributed by atoms with Crippen LogP contribution in [0.25, 0.3) is 0 Å². The first kappa shape index (κ1) is 15.7. The van der Waals surface area contributed by atoms with E-state index in [9.17, 15) is 9.59 Å². The molecule has 1 amide bonds. The summed E-state index contributed by atoms with van der Waals surface area (Å²) in [6, 6.07) is 10.2. The van der Waals surface area contributed by atoms with Gasteiger partial charge in [-0.1, -0.05) is 6.07 Å². The SMILES string of the molecule is C[C@@H](Oc1ccc(/C=N\NC(=O)c2cccs2)cc1)C(=O)O. The van der Waals surface area contributed by atoms with Gasteiger partial charge in [-0.3, -0.25) is 4.79 Å². The second-order valence-corrected chi connectivity index (χ2v) is 5.29. The number of benzene rings is 1. The van der Waals surface area contributed by atoms with Gasteiger partial charge in [0.2, 0.25) is 0 Å². The second kappa shape index (κ2) is 7.37. The molecule has 6 nitrogen and oxygen atoms in total. The summed E-state index contributed by atoms with van der Waals surface area (Å²) in [6.45, 7) is 1.46. The van der Waals surface area contributed by atoms with Crippen molar-refractivity contribution < 1.29 is 19.4 Å². The number of carboxylic acid groups (broad SMARTS) is 1. The molecular weight excluding hydrogens is 304 g/mol. The lowest BCUT2D eigenvalue weighted by Gasteiger charge is -2.09. The van der Waals surface area contributed by atoms with Gasteiger partial charge in [0.15, 0.2) is 6.10 Å². The van der Waals surface area contributed by atoms with Crippen molar-refractivity contribution in [2.24, 2.45) is 5.10 Å². The number of rotatable bonds is 6. The minimum Gasteiger partial charge on any atom is -0.479 e. The van der Waals surface area contributed by atoms with Crippen LogP contribution in [0.15, 0.2) is 46.9 Å². The lowest BCUT2D eigenvalue weighted by Crippen LogP contribution is -2.22. The highest BCUT2D eigenvalue weighted by Crippen LogP contribution is 2.13. The molecule has 0 aliphatic carbocycles. The van der Waals surface area contributed by atoms with E-state index < -0.39 is 12.1 Å². The Bertz CT molecular complexity index is 665. The van der Waals surface area contributed by atoms with Gasteiger partial charge in [-0.05, 0) is 48.2 Å². The van der Waals surface area contributed by atoms with E-state index in [-0.39, 0.29) is 5.91 Å². The van der Waals surface area contributed by atoms with E-state index in [1.54, 1.807) is 36.4 Å². The quantitative estimate of drug-likeness (QED) is 0.632. The summed E-state index contributed by atoms with van der Waals surface area (Å²) in [7, 11) is 0. The highest BCUT2D eigenvalue weighted by Gasteiger charge is 2.11. The Balaban J connectivity index is 1.89. The maximum atomic E-state index is 11.6. The third kappa shape index (κ3) is 4.42. The van der Waals surface area contributed by atoms with E-state index in [1.807, 2.05) is 5.38 Å². The lowest BCUT2D eigenvalue weighted by atomic mass is 10.2. The molecule has 1 heterocycles. The van der Waals surface area contributed by atoms with Crippen molar-refractivity contribution >= 4 is 29.4 Å². The number of carboxylic acids is 1. The van der Waals surface area contributed by atoms with Gasteiger partial charge >= 0.3 is 5.97 Å². The Morgan fingerprint density at radius 3 is 2.64 bits per heavy atom. The third-order valence-corrected chi connectivity index (χ3v) is 3.53. The molecule has 1 aromatic heterocycles. The van der Waals surface area contributed by atoms with Gasteiger partial charge < -0.3 is 9.84 Å². The van der Waals surface area contributed by atoms with Crippen molar-refractivity contribution in [3.8, 4) is 5.75 Å². The Labute approximate surface area is 131 Å². The van der Waals surface area contributed by atoms with Crippen LogP contribution in [0, 0.1) is 0 Å². The van der Waals surface area contributed by atoms with Crippen LogP contribution in [0.2, 0.25) is 0 Å². The molecule has 0 radical (unpaired) electrons. The highest BCUT2D eigenvalue weighted by atomic mass is 32.1. The van der Waals surface area contributed by atoms with E-state index in [2.05, 4.69) is 10.5 Å². The Morgan fingerprint density at radius 1 is 1.32 bits per heavy atom. The number of hydrazone groups is 1. The molecule has 1 aromatic carbocycles. The molecule has 0 unspecified atom stereocenters. The zero-order valence-corrected chi connectivity index (χ0v) is 12.5. The third-order valence-electron chi connectivity index (χ3n) is 2.67. The zero-order chi connectivity index (χ0) is 15.9. The molecule has 2 rings (SSSR count). The fourth-order valence-corrected chi connectivity index (χ4v) is 2.13. The molecule has 0 fully saturated rings. The fourth-order valence-electron chi connectivity index (χ4n) is 1.52. The minimum atomic E-state index is -1.03. The summed E-state index contributed by atoms with van der Waals surface area (Å²) in [4.78, 5) is 22.9. The molecule has 0 saturated carbocycles. The Hall–Kier alpha value is -2.67. The molecule has 0 spiro atoms. The molecule has 2 N–H and O–H groups in total. The maximum absolute atomic E-state index is 11.6. The van der Waals surface area contributed by atoms with Crippen molar-refractivity contribution in [3.05, 3.63) is 52.2 Å². The number of hydrogen-bond donors (Lipinski definition) is 2. The van der Waals surface area contributed by atoms with Gasteiger partial charge in [-0.2, -0.15) is 5.10 Å². The predicted octanol–water partition coefficient (Wildman–Crippen LogP) is 2.36. The Kier molecular flexibility index (Phi) is 5.26. The van der Waals surface area contributed by atoms with Crippen molar-refractivity contribution in [1.29, 1.82) is 0 Å². The normalized spacial score (nSPS) is 12.0. The number of nitrogens with one attached hydrogen (secondary N) is 1. The molecular formula is C15H14N2O4S. The number of thiophene rings is 1. The first-order valence-electron chi connectivity index (χ1n) is 6.42. The van der Waals surface area contributed by atoms with Gasteiger partial charge in [0.25, 0.3) is 5.91 Å². The molecule has 0 bridgehead atoms. The minimum absolute atomic E-state index is 0.263. The average molecular weight is 318 g/mol. The van der Waals surface area contributed by atoms with Crippen LogP contribution in [0.4, 0.5) is 0 Å². The van der Waals surface area contributed by atoms with Crippen LogP contribution < -0.4 is 10.2 Å². The molecule has 22 heavy (non-hydrogen) atoms. The monoisotopic (exact) mass is 318 g/mol. The van der Waals surface area contributed by atoms with Crippen molar-refractivity contribution in [2.75, 3.05) is 0 Å². The van der Waals surface area contributed by atoms with Crippen LogP contribution in [0.5, 0.6) is 5.75 Å². The molecule has 114 valence electrons. The number of hydrogen-bond acceptors (Lipinski definition) is 5. The summed E-state index contributed by atoms with van der Waals surface area (Å²) < 4.78 is 5.21. The van der Waals surface area contributed by atoms with Gasteiger partial charge in [0.1, 0.15) is 5.75 Å². The number of aliphatic carboxylic acids is 1. The number of amides is 1. The van der Waals surface area contributed by atoms with Crippen LogP contribution >= 0.6 is 11.3 Å². The van der Waals surface area contributed by atoms with E-state index in [0.29, 0.717) is 10.6 Å². The second-order valence-electron chi connectivity index (χ2n) is 4.34. The summed E-state index contributed by atoms with van der Waals surface area (Å²) in [6.07, 6.45) is 0.584. The first-order valence-corrected chi connectivity index (χ1v) is 7.30. The molecule has 2 aromatic rings. The van der Waals surface area contributed by atoms with Crippen molar-refractivity contribution in [1.82, 2.24) is 5.43 Å². The number of carbonyl (C=O) groups excluding carboxylic acids is 1. The van der Waals surface area contributed by atoms with E-state index in [4.69, 9.17) is 9.84 Å². The zero-order valence-electron chi connectivity index (χ0n) is 11.7. The van der Waals surface area contributed by atoms with Gasteiger partial charge in [-0.15, -0.1) is 11.3 Å². The Morgan fingerprint density at radius 2 is 2.05 bits per heavy atom. The lowest BCUT2D eigenvalue weighted by molar-refractivity contribution is -0.144. The fraction of sp³-hybridized carbons (Fsp3) is 0.133. The summed E-state index contributed by atoms with van der Waals surface area (Å²) >= 11 is 1.34. The predicted molar refractivity (Wildman–Crippen MR) is 83.5 cm³/mol. The van der Waals surface area contributed by atoms with Crippen LogP contribution in [0.1, 0.15) is 22.2 Å². The molecule has 1 atom stereocenters. The maximum Gasteiger partial charge on any atom is 0.344 e. The summed E-state index contributed by atoms with van der Waals surface area (Å²) in [5.74, 6) is -0.835. The van der Waals surface area contributed by atoms with Crippen molar-refractivity contribution in [3.63, 3.8) is 0 Å². The van der Waals surface area contributed by atoms with Gasteiger partial charge in [0, 0.05) is 0 Å². The molecule has 7 heteroatoms. The smallest absolute Gasteiger partial charge is 0.344 e. The topological polar surface area (TPSA) is 88.0 Å². The number of ether oxygens (including phenoxy) is 1. The van der Waals surface area contributed by atoms with E-state index >= 15 is 0 Å². The van der Waals surface area contributed by atoms with Gasteiger partial charge in [0.05, 0.1) is 11.1 Å². The highest BCUT2D eigenvalue weighted by molar-refractivity contribution is 7.12. The molecule has 0 aliphatic heterocycles. The van der Waals surface area contributed by atoms with Crippen LogP contribution in [-0.2, 0) is 4.79 Å². The van der Waals surface area contributed by atoms with Crippen LogP contribution in [0.3, 0.4) is 0 Å². The van der Waals surface area contributed by atoms with Crippen LogP contribution in [-0.4, -0.2) is 29.3 Å².